The van der Waals surface area contributed by atoms with Crippen LogP contribution in [0.5, 0.6) is 0 Å². The molecule has 5 nitrogen and oxygen atoms in total. The molecule has 0 bridgehead atoms. The normalized spacial score (nSPS) is 12.0. The number of hydrogen-bond acceptors (Lipinski definition) is 4. The number of aryl methyl sites for hydroxylation is 1. The van der Waals surface area contributed by atoms with E-state index in [1.807, 2.05) is 0 Å². The van der Waals surface area contributed by atoms with Gasteiger partial charge in [-0.25, -0.2) is 4.39 Å². The van der Waals surface area contributed by atoms with E-state index in [9.17, 15) is 9.18 Å². The summed E-state index contributed by atoms with van der Waals surface area (Å²) in [5, 5.41) is 9.17. The zero-order valence-electron chi connectivity index (χ0n) is 10.9. The number of rotatable bonds is 4. The van der Waals surface area contributed by atoms with E-state index in [4.69, 9.17) is 16.1 Å². The molecule has 2 aromatic rings. The molecule has 1 amide bonds. The second-order valence-electron chi connectivity index (χ2n) is 4.31. The van der Waals surface area contributed by atoms with Crippen LogP contribution in [-0.4, -0.2) is 17.1 Å². The van der Waals surface area contributed by atoms with Crippen LogP contribution in [0.15, 0.2) is 28.8 Å². The maximum absolute atomic E-state index is 13.0. The Bertz CT molecular complexity index is 630. The first-order valence-corrected chi connectivity index (χ1v) is 6.29. The number of carbonyl (C=O) groups is 1. The Balaban J connectivity index is 1.98. The lowest BCUT2D eigenvalue weighted by molar-refractivity contribution is -0.116. The number of amides is 1. The molecule has 0 saturated heterocycles. The first-order chi connectivity index (χ1) is 9.45. The third-order valence-electron chi connectivity index (χ3n) is 2.58. The van der Waals surface area contributed by atoms with Gasteiger partial charge in [0, 0.05) is 11.8 Å². The van der Waals surface area contributed by atoms with E-state index < -0.39 is 11.9 Å². The average Bonchev–Trinajstić information content (AvgIpc) is 2.79. The van der Waals surface area contributed by atoms with Crippen molar-refractivity contribution in [3.05, 3.63) is 40.9 Å². The fourth-order valence-electron chi connectivity index (χ4n) is 1.56. The largest absolute Gasteiger partial charge is 0.374 e. The van der Waals surface area contributed by atoms with Gasteiger partial charge >= 0.3 is 0 Å². The van der Waals surface area contributed by atoms with Crippen LogP contribution in [0.2, 0.25) is 5.02 Å². The number of nitrogens with one attached hydrogen (secondary N) is 2. The highest BCUT2D eigenvalue weighted by molar-refractivity contribution is 6.31. The molecular weight excluding hydrogens is 285 g/mol. The maximum atomic E-state index is 13.0. The number of anilines is 2. The van der Waals surface area contributed by atoms with Crippen molar-refractivity contribution in [3.63, 3.8) is 0 Å². The molecule has 0 spiro atoms. The fourth-order valence-corrected chi connectivity index (χ4v) is 1.74. The van der Waals surface area contributed by atoms with Crippen LogP contribution >= 0.6 is 11.6 Å². The van der Waals surface area contributed by atoms with Crippen LogP contribution in [0, 0.1) is 12.7 Å². The lowest BCUT2D eigenvalue weighted by Gasteiger charge is -2.14. The zero-order valence-corrected chi connectivity index (χ0v) is 11.7. The second-order valence-corrected chi connectivity index (χ2v) is 4.71. The molecule has 1 unspecified atom stereocenters. The number of halogens is 2. The van der Waals surface area contributed by atoms with Crippen LogP contribution in [0.3, 0.4) is 0 Å². The van der Waals surface area contributed by atoms with Gasteiger partial charge in [-0.3, -0.25) is 4.79 Å². The molecule has 1 aromatic carbocycles. The summed E-state index contributed by atoms with van der Waals surface area (Å²) < 4.78 is 17.9. The Labute approximate surface area is 120 Å². The Morgan fingerprint density at radius 2 is 2.20 bits per heavy atom. The first-order valence-electron chi connectivity index (χ1n) is 5.91. The zero-order chi connectivity index (χ0) is 14.7. The van der Waals surface area contributed by atoms with Gasteiger partial charge in [0.05, 0.1) is 5.02 Å². The Kier molecular flexibility index (Phi) is 4.24. The molecule has 20 heavy (non-hydrogen) atoms. The van der Waals surface area contributed by atoms with Crippen molar-refractivity contribution in [1.82, 2.24) is 5.16 Å². The molecule has 2 N–H and O–H groups in total. The standard InChI is InChI=1S/C13H13ClFN3O2/c1-7-5-12(18-20-7)17-13(19)8(2)16-9-3-4-11(15)10(14)6-9/h3-6,8,16H,1-2H3,(H,17,18,19). The van der Waals surface area contributed by atoms with E-state index in [0.717, 1.165) is 0 Å². The molecule has 0 aliphatic carbocycles. The van der Waals surface area contributed by atoms with Crippen molar-refractivity contribution in [2.75, 3.05) is 10.6 Å². The summed E-state index contributed by atoms with van der Waals surface area (Å²) in [6.07, 6.45) is 0. The van der Waals surface area contributed by atoms with E-state index >= 15 is 0 Å². The van der Waals surface area contributed by atoms with Crippen molar-refractivity contribution in [3.8, 4) is 0 Å². The highest BCUT2D eigenvalue weighted by atomic mass is 35.5. The molecule has 0 aliphatic rings. The highest BCUT2D eigenvalue weighted by Gasteiger charge is 2.15. The monoisotopic (exact) mass is 297 g/mol. The van der Waals surface area contributed by atoms with Gasteiger partial charge < -0.3 is 15.2 Å². The molecule has 1 aromatic heterocycles. The Morgan fingerprint density at radius 1 is 1.45 bits per heavy atom. The second kappa shape index (κ2) is 5.92. The van der Waals surface area contributed by atoms with Gasteiger partial charge in [0.15, 0.2) is 5.82 Å². The minimum Gasteiger partial charge on any atom is -0.374 e. The predicted molar refractivity (Wildman–Crippen MR) is 74.4 cm³/mol. The van der Waals surface area contributed by atoms with E-state index in [2.05, 4.69) is 15.8 Å². The smallest absolute Gasteiger partial charge is 0.247 e. The number of nitrogens with zero attached hydrogens (tertiary/aromatic N) is 1. The Hall–Kier alpha value is -2.08. The highest BCUT2D eigenvalue weighted by Crippen LogP contribution is 2.20. The summed E-state index contributed by atoms with van der Waals surface area (Å²) >= 11 is 5.67. The lowest BCUT2D eigenvalue weighted by Crippen LogP contribution is -2.31. The summed E-state index contributed by atoms with van der Waals surface area (Å²) in [6, 6.07) is 5.22. The predicted octanol–water partition coefficient (Wildman–Crippen LogP) is 3.21. The molecule has 1 heterocycles. The third-order valence-corrected chi connectivity index (χ3v) is 2.86. The molecule has 0 radical (unpaired) electrons. The SMILES string of the molecule is Cc1cc(NC(=O)C(C)Nc2ccc(F)c(Cl)c2)no1. The van der Waals surface area contributed by atoms with Crippen molar-refractivity contribution in [2.24, 2.45) is 0 Å². The summed E-state index contributed by atoms with van der Waals surface area (Å²) in [4.78, 5) is 11.9. The number of hydrogen-bond donors (Lipinski definition) is 2. The summed E-state index contributed by atoms with van der Waals surface area (Å²) in [5.74, 6) is 0.149. The van der Waals surface area contributed by atoms with Gasteiger partial charge in [-0.15, -0.1) is 0 Å². The minimum absolute atomic E-state index is 0.00488. The first kappa shape index (κ1) is 14.3. The van der Waals surface area contributed by atoms with Crippen molar-refractivity contribution in [2.45, 2.75) is 19.9 Å². The Morgan fingerprint density at radius 3 is 2.80 bits per heavy atom. The molecule has 2 rings (SSSR count). The summed E-state index contributed by atoms with van der Waals surface area (Å²) in [7, 11) is 0. The maximum Gasteiger partial charge on any atom is 0.247 e. The molecule has 0 saturated carbocycles. The van der Waals surface area contributed by atoms with Crippen LogP contribution in [0.25, 0.3) is 0 Å². The van der Waals surface area contributed by atoms with E-state index in [1.54, 1.807) is 19.9 Å². The number of carbonyl (C=O) groups excluding carboxylic acids is 1. The fraction of sp³-hybridized carbons (Fsp3) is 0.231. The molecule has 0 aliphatic heterocycles. The van der Waals surface area contributed by atoms with Crippen LogP contribution in [-0.2, 0) is 4.79 Å². The van der Waals surface area contributed by atoms with Gasteiger partial charge in [-0.2, -0.15) is 0 Å². The van der Waals surface area contributed by atoms with Crippen molar-refractivity contribution in [1.29, 1.82) is 0 Å². The topological polar surface area (TPSA) is 67.2 Å². The molecule has 1 atom stereocenters. The molecular formula is C13H13ClFN3O2. The van der Waals surface area contributed by atoms with Crippen LogP contribution in [0.1, 0.15) is 12.7 Å². The summed E-state index contributed by atoms with van der Waals surface area (Å²) in [5.41, 5.74) is 0.551. The van der Waals surface area contributed by atoms with Gasteiger partial charge in [0.2, 0.25) is 5.91 Å². The van der Waals surface area contributed by atoms with Gasteiger partial charge in [0.1, 0.15) is 17.6 Å². The van der Waals surface area contributed by atoms with Gasteiger partial charge in [-0.05, 0) is 32.0 Å². The third kappa shape index (κ3) is 3.48. The van der Waals surface area contributed by atoms with Crippen LogP contribution < -0.4 is 10.6 Å². The van der Waals surface area contributed by atoms with E-state index in [1.165, 1.54) is 18.2 Å². The van der Waals surface area contributed by atoms with E-state index in [-0.39, 0.29) is 10.9 Å². The number of benzene rings is 1. The van der Waals surface area contributed by atoms with Gasteiger partial charge in [-0.1, -0.05) is 16.8 Å². The van der Waals surface area contributed by atoms with Crippen molar-refractivity contribution >= 4 is 29.0 Å². The van der Waals surface area contributed by atoms with Gasteiger partial charge in [0.25, 0.3) is 0 Å². The van der Waals surface area contributed by atoms with E-state index in [0.29, 0.717) is 17.3 Å². The molecule has 7 heteroatoms. The average molecular weight is 298 g/mol. The molecule has 0 fully saturated rings. The quantitative estimate of drug-likeness (QED) is 0.909. The summed E-state index contributed by atoms with van der Waals surface area (Å²) in [6.45, 7) is 3.39. The molecule has 106 valence electrons. The van der Waals surface area contributed by atoms with Crippen LogP contribution in [0.4, 0.5) is 15.9 Å². The van der Waals surface area contributed by atoms with Crippen molar-refractivity contribution < 1.29 is 13.7 Å². The number of aromatic nitrogens is 1. The lowest BCUT2D eigenvalue weighted by atomic mass is 10.2. The minimum atomic E-state index is -0.548.